The second kappa shape index (κ2) is 17.3. The molecular weight excluding hydrogens is 682 g/mol. The van der Waals surface area contributed by atoms with Gasteiger partial charge in [-0.05, 0) is 108 Å². The molecule has 0 bridgehead atoms. The van der Waals surface area contributed by atoms with Crippen LogP contribution in [0.2, 0.25) is 0 Å². The van der Waals surface area contributed by atoms with Crippen LogP contribution in [0.3, 0.4) is 0 Å². The van der Waals surface area contributed by atoms with Crippen molar-refractivity contribution in [3.63, 3.8) is 0 Å². The average molecular weight is 729 g/mol. The summed E-state index contributed by atoms with van der Waals surface area (Å²) in [6, 6.07) is 18.6. The van der Waals surface area contributed by atoms with E-state index in [4.69, 9.17) is 16.2 Å². The molecule has 0 radical (unpaired) electrons. The number of halogens is 2. The van der Waals surface area contributed by atoms with Crippen molar-refractivity contribution in [3.05, 3.63) is 107 Å². The van der Waals surface area contributed by atoms with Gasteiger partial charge in [0.2, 0.25) is 0 Å². The van der Waals surface area contributed by atoms with Crippen LogP contribution < -0.4 is 27.4 Å². The van der Waals surface area contributed by atoms with Crippen LogP contribution >= 0.6 is 0 Å². The van der Waals surface area contributed by atoms with E-state index in [0.717, 1.165) is 38.8 Å². The van der Waals surface area contributed by atoms with Crippen molar-refractivity contribution in [2.75, 3.05) is 48.3 Å². The third-order valence-electron chi connectivity index (χ3n) is 8.77. The fraction of sp³-hybridized carbons (Fsp3) is 0.359. The van der Waals surface area contributed by atoms with Gasteiger partial charge in [0.15, 0.2) is 11.6 Å². The Bertz CT molecular complexity index is 1920. The number of hydrogen-bond donors (Lipinski definition) is 5. The number of nitrogen functional groups attached to an aromatic ring is 2. The van der Waals surface area contributed by atoms with Crippen LogP contribution in [0.4, 0.5) is 36.8 Å². The highest BCUT2D eigenvalue weighted by molar-refractivity contribution is 6.12. The standard InChI is InChI=1S/C22H27FN4O3.C17H19FN4O/c1-22(2,3)30-21(29)27-12-10-14(11-13-27)25-18-9-8-16(20(24)26-18)19(28)15-6-4-5-7-17(15)23;18-14-4-2-1-3-12(14)16(23)13-5-6-15(22-17(13)19)21-11-7-9-20-10-8-11/h4-9,14H,10-13H2,1-3H3,(H3,24,25,26);1-6,11,20H,7-10H2,(H3,19,21,22). The number of anilines is 4. The van der Waals surface area contributed by atoms with Crippen LogP contribution in [0, 0.1) is 11.6 Å². The van der Waals surface area contributed by atoms with Crippen LogP contribution in [0.15, 0.2) is 72.8 Å². The topological polar surface area (TPSA) is 178 Å². The lowest BCUT2D eigenvalue weighted by atomic mass is 10.0. The average Bonchev–Trinajstić information content (AvgIpc) is 3.12. The predicted octanol–water partition coefficient (Wildman–Crippen LogP) is 6.04. The van der Waals surface area contributed by atoms with Gasteiger partial charge < -0.3 is 37.1 Å². The van der Waals surface area contributed by atoms with Gasteiger partial charge in [0, 0.05) is 25.2 Å². The highest BCUT2D eigenvalue weighted by Crippen LogP contribution is 2.23. The van der Waals surface area contributed by atoms with Gasteiger partial charge in [-0.25, -0.2) is 23.5 Å². The molecule has 1 amide bonds. The number of likely N-dealkylation sites (tertiary alicyclic amines) is 1. The fourth-order valence-electron chi connectivity index (χ4n) is 5.99. The van der Waals surface area contributed by atoms with E-state index in [1.54, 1.807) is 47.4 Å². The zero-order valence-corrected chi connectivity index (χ0v) is 30.1. The molecule has 6 rings (SSSR count). The van der Waals surface area contributed by atoms with E-state index in [1.807, 2.05) is 20.8 Å². The summed E-state index contributed by atoms with van der Waals surface area (Å²) in [6.45, 7) is 8.62. The summed E-state index contributed by atoms with van der Waals surface area (Å²) >= 11 is 0. The lowest BCUT2D eigenvalue weighted by molar-refractivity contribution is 0.0210. The first kappa shape index (κ1) is 38.6. The number of carbonyl (C=O) groups is 3. The third kappa shape index (κ3) is 10.5. The fourth-order valence-corrected chi connectivity index (χ4v) is 5.99. The second-order valence-corrected chi connectivity index (χ2v) is 13.9. The Kier molecular flexibility index (Phi) is 12.6. The number of piperidine rings is 2. The summed E-state index contributed by atoms with van der Waals surface area (Å²) in [5.41, 5.74) is 11.7. The zero-order chi connectivity index (χ0) is 38.1. The van der Waals surface area contributed by atoms with Crippen LogP contribution in [-0.4, -0.2) is 76.4 Å². The molecule has 53 heavy (non-hydrogen) atoms. The van der Waals surface area contributed by atoms with Gasteiger partial charge in [0.25, 0.3) is 0 Å². The number of hydrogen-bond acceptors (Lipinski definition) is 11. The van der Waals surface area contributed by atoms with E-state index in [-0.39, 0.29) is 46.0 Å². The minimum Gasteiger partial charge on any atom is -0.444 e. The number of nitrogens with zero attached hydrogens (tertiary/aromatic N) is 3. The first-order valence-electron chi connectivity index (χ1n) is 17.6. The molecule has 0 saturated carbocycles. The molecule has 12 nitrogen and oxygen atoms in total. The number of ketones is 2. The van der Waals surface area contributed by atoms with Gasteiger partial charge in [0.1, 0.15) is 40.5 Å². The summed E-state index contributed by atoms with van der Waals surface area (Å²) in [6.07, 6.45) is 3.18. The number of nitrogens with one attached hydrogen (secondary N) is 3. The Balaban J connectivity index is 0.000000211. The number of carbonyl (C=O) groups excluding carboxylic acids is 3. The van der Waals surface area contributed by atoms with Crippen molar-refractivity contribution in [1.82, 2.24) is 20.2 Å². The van der Waals surface area contributed by atoms with E-state index in [2.05, 4.69) is 25.9 Å². The first-order valence-corrected chi connectivity index (χ1v) is 17.6. The van der Waals surface area contributed by atoms with Crippen LogP contribution in [0.25, 0.3) is 0 Å². The van der Waals surface area contributed by atoms with Gasteiger partial charge in [-0.1, -0.05) is 24.3 Å². The normalized spacial score (nSPS) is 15.2. The van der Waals surface area contributed by atoms with Crippen LogP contribution in [-0.2, 0) is 4.74 Å². The molecule has 2 fully saturated rings. The summed E-state index contributed by atoms with van der Waals surface area (Å²) in [5.74, 6) is -0.795. The Labute approximate surface area is 307 Å². The second-order valence-electron chi connectivity index (χ2n) is 13.9. The molecule has 0 atom stereocenters. The zero-order valence-electron chi connectivity index (χ0n) is 30.1. The molecular formula is C39H46F2N8O4. The quantitative estimate of drug-likeness (QED) is 0.134. The Morgan fingerprint density at radius 1 is 0.698 bits per heavy atom. The largest absolute Gasteiger partial charge is 0.444 e. The highest BCUT2D eigenvalue weighted by Gasteiger charge is 2.27. The monoisotopic (exact) mass is 728 g/mol. The molecule has 0 unspecified atom stereocenters. The SMILES string of the molecule is CC(C)(C)OC(=O)N1CCC(Nc2ccc(C(=O)c3ccccc3F)c(N)n2)CC1.Nc1nc(NC2CCNCC2)ccc1C(=O)c1ccccc1F. The van der Waals surface area contributed by atoms with Crippen molar-refractivity contribution < 1.29 is 27.9 Å². The minimum absolute atomic E-state index is 0.0000593. The number of nitrogens with two attached hydrogens (primary N) is 2. The van der Waals surface area contributed by atoms with Crippen molar-refractivity contribution >= 4 is 40.9 Å². The molecule has 7 N–H and O–H groups in total. The van der Waals surface area contributed by atoms with Crippen LogP contribution in [0.5, 0.6) is 0 Å². The van der Waals surface area contributed by atoms with Gasteiger partial charge in [-0.15, -0.1) is 0 Å². The molecule has 2 saturated heterocycles. The van der Waals surface area contributed by atoms with Crippen LogP contribution in [0.1, 0.15) is 78.3 Å². The van der Waals surface area contributed by atoms with Gasteiger partial charge in [0.05, 0.1) is 22.3 Å². The molecule has 2 aliphatic rings. The van der Waals surface area contributed by atoms with Gasteiger partial charge in [-0.2, -0.15) is 0 Å². The molecule has 280 valence electrons. The van der Waals surface area contributed by atoms with Crippen molar-refractivity contribution in [2.45, 2.75) is 64.1 Å². The molecule has 0 spiro atoms. The molecule has 4 heterocycles. The van der Waals surface area contributed by atoms with Crippen molar-refractivity contribution in [2.24, 2.45) is 0 Å². The molecule has 2 aliphatic heterocycles. The molecule has 2 aromatic carbocycles. The number of ether oxygens (including phenoxy) is 1. The number of aromatic nitrogens is 2. The van der Waals surface area contributed by atoms with Crippen molar-refractivity contribution in [1.29, 1.82) is 0 Å². The van der Waals surface area contributed by atoms with E-state index in [9.17, 15) is 23.2 Å². The highest BCUT2D eigenvalue weighted by atomic mass is 19.1. The molecule has 2 aromatic heterocycles. The van der Waals surface area contributed by atoms with Gasteiger partial charge >= 0.3 is 6.09 Å². The lowest BCUT2D eigenvalue weighted by Gasteiger charge is -2.33. The smallest absolute Gasteiger partial charge is 0.410 e. The van der Waals surface area contributed by atoms with E-state index in [0.29, 0.717) is 30.8 Å². The Morgan fingerprint density at radius 3 is 1.55 bits per heavy atom. The lowest BCUT2D eigenvalue weighted by Crippen LogP contribution is -2.44. The third-order valence-corrected chi connectivity index (χ3v) is 8.77. The molecule has 0 aliphatic carbocycles. The summed E-state index contributed by atoms with van der Waals surface area (Å²) < 4.78 is 33.0. The number of pyridine rings is 2. The maximum atomic E-state index is 13.9. The summed E-state index contributed by atoms with van der Waals surface area (Å²) in [7, 11) is 0. The Morgan fingerprint density at radius 2 is 1.13 bits per heavy atom. The van der Waals surface area contributed by atoms with Gasteiger partial charge in [-0.3, -0.25) is 9.59 Å². The van der Waals surface area contributed by atoms with E-state index in [1.165, 1.54) is 30.3 Å². The van der Waals surface area contributed by atoms with Crippen molar-refractivity contribution in [3.8, 4) is 0 Å². The number of amides is 1. The maximum absolute atomic E-state index is 13.9. The Hall–Kier alpha value is -5.63. The molecule has 14 heteroatoms. The maximum Gasteiger partial charge on any atom is 0.410 e. The summed E-state index contributed by atoms with van der Waals surface area (Å²) in [4.78, 5) is 47.3. The first-order chi connectivity index (χ1) is 25.3. The van der Waals surface area contributed by atoms with E-state index < -0.39 is 28.8 Å². The number of rotatable bonds is 8. The summed E-state index contributed by atoms with van der Waals surface area (Å²) in [5, 5.41) is 9.91. The predicted molar refractivity (Wildman–Crippen MR) is 201 cm³/mol. The minimum atomic E-state index is -0.596. The number of benzene rings is 2. The molecule has 4 aromatic rings. The van der Waals surface area contributed by atoms with E-state index >= 15 is 0 Å².